The van der Waals surface area contributed by atoms with E-state index in [4.69, 9.17) is 4.42 Å². The van der Waals surface area contributed by atoms with E-state index in [9.17, 15) is 4.79 Å². The molecule has 1 amide bonds. The molecular formula is C17H25NO2. The maximum atomic E-state index is 12.8. The summed E-state index contributed by atoms with van der Waals surface area (Å²) < 4.78 is 5.37. The Morgan fingerprint density at radius 2 is 1.50 bits per heavy atom. The van der Waals surface area contributed by atoms with Crippen LogP contribution >= 0.6 is 0 Å². The van der Waals surface area contributed by atoms with Crippen molar-refractivity contribution in [3.8, 4) is 0 Å². The van der Waals surface area contributed by atoms with Gasteiger partial charge in [-0.3, -0.25) is 4.79 Å². The van der Waals surface area contributed by atoms with Crippen molar-refractivity contribution in [2.24, 2.45) is 0 Å². The van der Waals surface area contributed by atoms with E-state index in [1.807, 2.05) is 6.07 Å². The van der Waals surface area contributed by atoms with Crippen LogP contribution in [0.2, 0.25) is 0 Å². The summed E-state index contributed by atoms with van der Waals surface area (Å²) >= 11 is 0. The molecule has 2 saturated carbocycles. The minimum absolute atomic E-state index is 0.119. The van der Waals surface area contributed by atoms with Crippen molar-refractivity contribution in [1.29, 1.82) is 0 Å². The lowest BCUT2D eigenvalue weighted by Crippen LogP contribution is -2.48. The SMILES string of the molecule is O=C(c1ccco1)N(C1CCCCC1)C1CCCCC1. The second-order valence-corrected chi connectivity index (χ2v) is 6.27. The zero-order valence-electron chi connectivity index (χ0n) is 12.2. The zero-order valence-corrected chi connectivity index (χ0v) is 12.2. The van der Waals surface area contributed by atoms with Gasteiger partial charge in [-0.15, -0.1) is 0 Å². The molecular weight excluding hydrogens is 250 g/mol. The van der Waals surface area contributed by atoms with Crippen LogP contribution in [-0.2, 0) is 0 Å². The van der Waals surface area contributed by atoms with Gasteiger partial charge in [0.15, 0.2) is 5.76 Å². The third-order valence-electron chi connectivity index (χ3n) is 4.90. The molecule has 2 aliphatic carbocycles. The van der Waals surface area contributed by atoms with E-state index in [0.717, 1.165) is 0 Å². The smallest absolute Gasteiger partial charge is 0.290 e. The van der Waals surface area contributed by atoms with Crippen LogP contribution < -0.4 is 0 Å². The summed E-state index contributed by atoms with van der Waals surface area (Å²) in [7, 11) is 0. The predicted octanol–water partition coefficient (Wildman–Crippen LogP) is 4.39. The van der Waals surface area contributed by atoms with Crippen molar-refractivity contribution in [2.45, 2.75) is 76.3 Å². The van der Waals surface area contributed by atoms with Crippen molar-refractivity contribution in [2.75, 3.05) is 0 Å². The van der Waals surface area contributed by atoms with Gasteiger partial charge in [-0.25, -0.2) is 0 Å². The lowest BCUT2D eigenvalue weighted by Gasteiger charge is -2.41. The molecule has 1 aromatic rings. The summed E-state index contributed by atoms with van der Waals surface area (Å²) in [6.07, 6.45) is 14.0. The minimum Gasteiger partial charge on any atom is -0.459 e. The van der Waals surface area contributed by atoms with Crippen LogP contribution in [0.4, 0.5) is 0 Å². The number of hydrogen-bond donors (Lipinski definition) is 0. The van der Waals surface area contributed by atoms with E-state index in [1.54, 1.807) is 12.3 Å². The van der Waals surface area contributed by atoms with Gasteiger partial charge >= 0.3 is 0 Å². The van der Waals surface area contributed by atoms with Gasteiger partial charge in [0.1, 0.15) is 0 Å². The number of hydrogen-bond acceptors (Lipinski definition) is 2. The molecule has 0 saturated heterocycles. The molecule has 1 aromatic heterocycles. The zero-order chi connectivity index (χ0) is 13.8. The summed E-state index contributed by atoms with van der Waals surface area (Å²) in [4.78, 5) is 15.0. The molecule has 0 atom stereocenters. The number of amides is 1. The number of furan rings is 1. The highest BCUT2D eigenvalue weighted by molar-refractivity contribution is 5.92. The highest BCUT2D eigenvalue weighted by Gasteiger charge is 2.33. The van der Waals surface area contributed by atoms with Crippen molar-refractivity contribution in [3.63, 3.8) is 0 Å². The molecule has 110 valence electrons. The summed E-state index contributed by atoms with van der Waals surface area (Å²) in [5.74, 6) is 0.634. The Morgan fingerprint density at radius 3 is 1.95 bits per heavy atom. The van der Waals surface area contributed by atoms with E-state index in [1.165, 1.54) is 64.2 Å². The van der Waals surface area contributed by atoms with Gasteiger partial charge in [-0.1, -0.05) is 38.5 Å². The minimum atomic E-state index is 0.119. The van der Waals surface area contributed by atoms with Crippen LogP contribution in [0.3, 0.4) is 0 Å². The average Bonchev–Trinajstić information content (AvgIpc) is 3.04. The van der Waals surface area contributed by atoms with Gasteiger partial charge in [-0.05, 0) is 37.8 Å². The molecule has 1 heterocycles. The summed E-state index contributed by atoms with van der Waals surface area (Å²) in [5.41, 5.74) is 0. The monoisotopic (exact) mass is 275 g/mol. The van der Waals surface area contributed by atoms with Crippen LogP contribution in [0.25, 0.3) is 0 Å². The Labute approximate surface area is 121 Å². The van der Waals surface area contributed by atoms with E-state index < -0.39 is 0 Å². The lowest BCUT2D eigenvalue weighted by atomic mass is 9.88. The van der Waals surface area contributed by atoms with Crippen LogP contribution in [0, 0.1) is 0 Å². The maximum Gasteiger partial charge on any atom is 0.290 e. The van der Waals surface area contributed by atoms with E-state index in [0.29, 0.717) is 17.8 Å². The molecule has 20 heavy (non-hydrogen) atoms. The van der Waals surface area contributed by atoms with Crippen LogP contribution in [0.15, 0.2) is 22.8 Å². The van der Waals surface area contributed by atoms with Gasteiger partial charge in [0.05, 0.1) is 6.26 Å². The topological polar surface area (TPSA) is 33.5 Å². The molecule has 2 fully saturated rings. The predicted molar refractivity (Wildman–Crippen MR) is 78.6 cm³/mol. The number of nitrogens with zero attached hydrogens (tertiary/aromatic N) is 1. The fourth-order valence-electron chi connectivity index (χ4n) is 3.88. The van der Waals surface area contributed by atoms with Crippen molar-refractivity contribution >= 4 is 5.91 Å². The van der Waals surface area contributed by atoms with Crippen molar-refractivity contribution in [3.05, 3.63) is 24.2 Å². The van der Waals surface area contributed by atoms with Gasteiger partial charge in [0, 0.05) is 12.1 Å². The van der Waals surface area contributed by atoms with E-state index >= 15 is 0 Å². The van der Waals surface area contributed by atoms with Crippen LogP contribution in [-0.4, -0.2) is 22.9 Å². The first-order valence-electron chi connectivity index (χ1n) is 8.22. The fourth-order valence-corrected chi connectivity index (χ4v) is 3.88. The van der Waals surface area contributed by atoms with Gasteiger partial charge < -0.3 is 9.32 Å². The Hall–Kier alpha value is -1.25. The quantitative estimate of drug-likeness (QED) is 0.820. The Bertz CT molecular complexity index is 396. The number of carbonyl (C=O) groups is 1. The molecule has 0 spiro atoms. The van der Waals surface area contributed by atoms with Gasteiger partial charge in [0.25, 0.3) is 5.91 Å². The van der Waals surface area contributed by atoms with E-state index in [2.05, 4.69) is 4.90 Å². The molecule has 0 aliphatic heterocycles. The highest BCUT2D eigenvalue weighted by atomic mass is 16.3. The van der Waals surface area contributed by atoms with E-state index in [-0.39, 0.29) is 5.91 Å². The Kier molecular flexibility index (Phi) is 4.44. The molecule has 3 rings (SSSR count). The molecule has 0 N–H and O–H groups in total. The van der Waals surface area contributed by atoms with Crippen molar-refractivity contribution in [1.82, 2.24) is 4.90 Å². The molecule has 0 unspecified atom stereocenters. The average molecular weight is 275 g/mol. The second kappa shape index (κ2) is 6.47. The first-order chi connectivity index (χ1) is 9.86. The third kappa shape index (κ3) is 2.92. The highest BCUT2D eigenvalue weighted by Crippen LogP contribution is 2.31. The summed E-state index contributed by atoms with van der Waals surface area (Å²) in [5, 5.41) is 0. The molecule has 0 radical (unpaired) electrons. The van der Waals surface area contributed by atoms with Crippen LogP contribution in [0.1, 0.15) is 74.8 Å². The normalized spacial score (nSPS) is 21.8. The molecule has 0 aromatic carbocycles. The fraction of sp³-hybridized carbons (Fsp3) is 0.706. The standard InChI is InChI=1S/C17H25NO2/c19-17(16-12-7-13-20-16)18(14-8-3-1-4-9-14)15-10-5-2-6-11-15/h7,12-15H,1-6,8-11H2. The molecule has 2 aliphatic rings. The number of carbonyl (C=O) groups excluding carboxylic acids is 1. The molecule has 0 bridgehead atoms. The Balaban J connectivity index is 1.79. The largest absolute Gasteiger partial charge is 0.459 e. The maximum absolute atomic E-state index is 12.8. The molecule has 3 nitrogen and oxygen atoms in total. The third-order valence-corrected chi connectivity index (χ3v) is 4.90. The summed E-state index contributed by atoms with van der Waals surface area (Å²) in [6.45, 7) is 0. The molecule has 3 heteroatoms. The van der Waals surface area contributed by atoms with Crippen LogP contribution in [0.5, 0.6) is 0 Å². The van der Waals surface area contributed by atoms with Gasteiger partial charge in [-0.2, -0.15) is 0 Å². The van der Waals surface area contributed by atoms with Crippen molar-refractivity contribution < 1.29 is 9.21 Å². The van der Waals surface area contributed by atoms with Gasteiger partial charge in [0.2, 0.25) is 0 Å². The summed E-state index contributed by atoms with van der Waals surface area (Å²) in [6, 6.07) is 4.49. The lowest BCUT2D eigenvalue weighted by molar-refractivity contribution is 0.0417. The second-order valence-electron chi connectivity index (χ2n) is 6.27. The first kappa shape index (κ1) is 13.7. The Morgan fingerprint density at radius 1 is 0.950 bits per heavy atom. The first-order valence-corrected chi connectivity index (χ1v) is 8.22. The number of rotatable bonds is 3.